The zero-order valence-electron chi connectivity index (χ0n) is 5.49. The molecular formula is C5H10O4S. The Balaban J connectivity index is 2.56. The highest BCUT2D eigenvalue weighted by Gasteiger charge is 2.25. The highest BCUT2D eigenvalue weighted by atomic mass is 32.2. The van der Waals surface area contributed by atoms with Crippen molar-refractivity contribution in [3.8, 4) is 0 Å². The van der Waals surface area contributed by atoms with E-state index in [1.54, 1.807) is 0 Å². The van der Waals surface area contributed by atoms with Crippen molar-refractivity contribution in [2.45, 2.75) is 18.1 Å². The van der Waals surface area contributed by atoms with Gasteiger partial charge in [0.15, 0.2) is 0 Å². The van der Waals surface area contributed by atoms with E-state index >= 15 is 0 Å². The van der Waals surface area contributed by atoms with Crippen molar-refractivity contribution < 1.29 is 17.7 Å². The molecule has 1 fully saturated rings. The second-order valence-electron chi connectivity index (χ2n) is 2.35. The third-order valence-electron chi connectivity index (χ3n) is 1.54. The summed E-state index contributed by atoms with van der Waals surface area (Å²) in [5, 5.41) is -0.693. The molecule has 0 spiro atoms. The van der Waals surface area contributed by atoms with Crippen LogP contribution in [0.15, 0.2) is 0 Å². The number of ether oxygens (including phenoxy) is 1. The summed E-state index contributed by atoms with van der Waals surface area (Å²) in [6.45, 7) is 0.741. The summed E-state index contributed by atoms with van der Waals surface area (Å²) in [4.78, 5) is 0. The minimum absolute atomic E-state index is 0.138. The normalized spacial score (nSPS) is 28.3. The van der Waals surface area contributed by atoms with Crippen LogP contribution >= 0.6 is 0 Å². The molecule has 0 saturated carbocycles. The zero-order chi connectivity index (χ0) is 7.61. The van der Waals surface area contributed by atoms with Gasteiger partial charge in [-0.3, -0.25) is 4.55 Å². The number of rotatable bonds is 1. The van der Waals surface area contributed by atoms with Crippen molar-refractivity contribution in [3.05, 3.63) is 0 Å². The molecule has 1 atom stereocenters. The van der Waals surface area contributed by atoms with E-state index in [9.17, 15) is 8.42 Å². The van der Waals surface area contributed by atoms with Crippen LogP contribution in [0.5, 0.6) is 0 Å². The largest absolute Gasteiger partial charge is 0.380 e. The first-order valence-electron chi connectivity index (χ1n) is 3.15. The van der Waals surface area contributed by atoms with Gasteiger partial charge in [0.25, 0.3) is 10.1 Å². The molecule has 1 unspecified atom stereocenters. The Morgan fingerprint density at radius 2 is 2.20 bits per heavy atom. The Morgan fingerprint density at radius 3 is 2.50 bits per heavy atom. The molecule has 0 aromatic rings. The van der Waals surface area contributed by atoms with Crippen LogP contribution in [0.4, 0.5) is 0 Å². The lowest BCUT2D eigenvalue weighted by atomic mass is 10.2. The second-order valence-corrected chi connectivity index (χ2v) is 4.05. The zero-order valence-corrected chi connectivity index (χ0v) is 6.30. The Hall–Kier alpha value is -0.130. The molecule has 0 bridgehead atoms. The molecule has 10 heavy (non-hydrogen) atoms. The van der Waals surface area contributed by atoms with Crippen LogP contribution in [0.3, 0.4) is 0 Å². The molecular weight excluding hydrogens is 156 g/mol. The van der Waals surface area contributed by atoms with E-state index < -0.39 is 15.4 Å². The van der Waals surface area contributed by atoms with Gasteiger partial charge in [-0.1, -0.05) is 0 Å². The molecule has 0 aromatic heterocycles. The molecule has 1 saturated heterocycles. The van der Waals surface area contributed by atoms with E-state index in [2.05, 4.69) is 0 Å². The lowest BCUT2D eigenvalue weighted by Crippen LogP contribution is -2.30. The van der Waals surface area contributed by atoms with E-state index in [0.29, 0.717) is 19.4 Å². The first kappa shape index (κ1) is 7.97. The topological polar surface area (TPSA) is 63.6 Å². The Labute approximate surface area is 59.9 Å². The third-order valence-corrected chi connectivity index (χ3v) is 2.75. The maximum atomic E-state index is 10.5. The van der Waals surface area contributed by atoms with Gasteiger partial charge in [-0.05, 0) is 12.8 Å². The lowest BCUT2D eigenvalue weighted by Gasteiger charge is -2.18. The molecule has 1 N–H and O–H groups in total. The SMILES string of the molecule is O=S(=O)(O)C1CCCOC1. The van der Waals surface area contributed by atoms with Gasteiger partial charge < -0.3 is 4.74 Å². The van der Waals surface area contributed by atoms with Crippen molar-refractivity contribution in [2.75, 3.05) is 13.2 Å². The Morgan fingerprint density at radius 1 is 1.50 bits per heavy atom. The molecule has 1 rings (SSSR count). The first-order valence-corrected chi connectivity index (χ1v) is 4.65. The molecule has 0 radical (unpaired) electrons. The standard InChI is InChI=1S/C5H10O4S/c6-10(7,8)5-2-1-3-9-4-5/h5H,1-4H2,(H,6,7,8). The van der Waals surface area contributed by atoms with Crippen LogP contribution in [-0.2, 0) is 14.9 Å². The molecule has 0 amide bonds. The molecule has 1 aliphatic heterocycles. The van der Waals surface area contributed by atoms with Crippen LogP contribution in [0.2, 0.25) is 0 Å². The third kappa shape index (κ3) is 1.93. The van der Waals surface area contributed by atoms with Gasteiger partial charge in [-0.25, -0.2) is 0 Å². The quantitative estimate of drug-likeness (QED) is 0.559. The van der Waals surface area contributed by atoms with E-state index in [1.807, 2.05) is 0 Å². The summed E-state index contributed by atoms with van der Waals surface area (Å²) in [5.74, 6) is 0. The van der Waals surface area contributed by atoms with E-state index in [0.717, 1.165) is 0 Å². The summed E-state index contributed by atoms with van der Waals surface area (Å²) in [6.07, 6.45) is 1.23. The first-order chi connectivity index (χ1) is 4.61. The minimum atomic E-state index is -3.85. The lowest BCUT2D eigenvalue weighted by molar-refractivity contribution is 0.0971. The molecule has 60 valence electrons. The van der Waals surface area contributed by atoms with Gasteiger partial charge in [0.05, 0.1) is 6.61 Å². The smallest absolute Gasteiger partial charge is 0.270 e. The fourth-order valence-electron chi connectivity index (χ4n) is 0.946. The Kier molecular flexibility index (Phi) is 2.28. The fourth-order valence-corrected chi connectivity index (χ4v) is 1.68. The highest BCUT2D eigenvalue weighted by molar-refractivity contribution is 7.86. The average molecular weight is 166 g/mol. The van der Waals surface area contributed by atoms with E-state index in [4.69, 9.17) is 9.29 Å². The van der Waals surface area contributed by atoms with Gasteiger partial charge in [0.2, 0.25) is 0 Å². The van der Waals surface area contributed by atoms with Gasteiger partial charge in [-0.15, -0.1) is 0 Å². The maximum absolute atomic E-state index is 10.5. The monoisotopic (exact) mass is 166 g/mol. The van der Waals surface area contributed by atoms with Crippen LogP contribution < -0.4 is 0 Å². The van der Waals surface area contributed by atoms with E-state index in [1.165, 1.54) is 0 Å². The van der Waals surface area contributed by atoms with E-state index in [-0.39, 0.29) is 6.61 Å². The summed E-state index contributed by atoms with van der Waals surface area (Å²) in [7, 11) is -3.85. The molecule has 1 heterocycles. The van der Waals surface area contributed by atoms with Gasteiger partial charge in [-0.2, -0.15) is 8.42 Å². The van der Waals surface area contributed by atoms with Crippen LogP contribution in [-0.4, -0.2) is 31.4 Å². The maximum Gasteiger partial charge on any atom is 0.270 e. The molecule has 1 aliphatic rings. The van der Waals surface area contributed by atoms with Crippen molar-refractivity contribution in [2.24, 2.45) is 0 Å². The second kappa shape index (κ2) is 2.86. The summed E-state index contributed by atoms with van der Waals surface area (Å²) in [5.41, 5.74) is 0. The van der Waals surface area contributed by atoms with Gasteiger partial charge >= 0.3 is 0 Å². The van der Waals surface area contributed by atoms with Crippen molar-refractivity contribution >= 4 is 10.1 Å². The van der Waals surface area contributed by atoms with Crippen molar-refractivity contribution in [1.82, 2.24) is 0 Å². The Bertz CT molecular complexity index is 190. The molecule has 4 nitrogen and oxygen atoms in total. The fraction of sp³-hybridized carbons (Fsp3) is 1.00. The van der Waals surface area contributed by atoms with Crippen LogP contribution in [0, 0.1) is 0 Å². The average Bonchev–Trinajstić information content (AvgIpc) is 1.88. The van der Waals surface area contributed by atoms with Crippen molar-refractivity contribution in [1.29, 1.82) is 0 Å². The summed E-state index contributed by atoms with van der Waals surface area (Å²) in [6, 6.07) is 0. The summed E-state index contributed by atoms with van der Waals surface area (Å²) < 4.78 is 34.3. The number of hydrogen-bond acceptors (Lipinski definition) is 3. The minimum Gasteiger partial charge on any atom is -0.380 e. The molecule has 0 aliphatic carbocycles. The van der Waals surface area contributed by atoms with Gasteiger partial charge in [0, 0.05) is 6.61 Å². The van der Waals surface area contributed by atoms with Crippen LogP contribution in [0.1, 0.15) is 12.8 Å². The predicted molar refractivity (Wildman–Crippen MR) is 35.4 cm³/mol. The molecule has 0 aromatic carbocycles. The predicted octanol–water partition coefficient (Wildman–Crippen LogP) is 0.0532. The molecule has 5 heteroatoms. The highest BCUT2D eigenvalue weighted by Crippen LogP contribution is 2.12. The summed E-state index contributed by atoms with van der Waals surface area (Å²) >= 11 is 0. The van der Waals surface area contributed by atoms with Gasteiger partial charge in [0.1, 0.15) is 5.25 Å². The van der Waals surface area contributed by atoms with Crippen molar-refractivity contribution in [3.63, 3.8) is 0 Å². The van der Waals surface area contributed by atoms with Crippen LogP contribution in [0.25, 0.3) is 0 Å². The number of hydrogen-bond donors (Lipinski definition) is 1.